The molecule has 0 radical (unpaired) electrons. The van der Waals surface area contributed by atoms with Gasteiger partial charge in [0.2, 0.25) is 0 Å². The minimum absolute atomic E-state index is 0.0246. The summed E-state index contributed by atoms with van der Waals surface area (Å²) in [6, 6.07) is 19.9. The third kappa shape index (κ3) is 4.31. The van der Waals surface area contributed by atoms with E-state index in [2.05, 4.69) is 0 Å². The van der Waals surface area contributed by atoms with Crippen LogP contribution in [0.15, 0.2) is 77.7 Å². The zero-order valence-corrected chi connectivity index (χ0v) is 17.8. The Labute approximate surface area is 176 Å². The Bertz CT molecular complexity index is 1140. The topological polar surface area (TPSA) is 72.9 Å². The van der Waals surface area contributed by atoms with Gasteiger partial charge in [0.15, 0.2) is 18.1 Å². The van der Waals surface area contributed by atoms with Gasteiger partial charge in [0.1, 0.15) is 0 Å². The van der Waals surface area contributed by atoms with Crippen molar-refractivity contribution in [3.63, 3.8) is 0 Å². The van der Waals surface area contributed by atoms with Gasteiger partial charge in [-0.2, -0.15) is 4.31 Å². The van der Waals surface area contributed by atoms with Crippen LogP contribution in [-0.2, 0) is 14.8 Å². The Morgan fingerprint density at radius 1 is 0.867 bits per heavy atom. The molecule has 30 heavy (non-hydrogen) atoms. The lowest BCUT2D eigenvalue weighted by molar-refractivity contribution is -0.119. The van der Waals surface area contributed by atoms with Crippen LogP contribution in [0.5, 0.6) is 11.5 Å². The van der Waals surface area contributed by atoms with Crippen molar-refractivity contribution in [2.75, 3.05) is 18.0 Å². The SMILES string of the molecule is COc1ccccc1OCC(=O)N(c1cccc(C)c1C)S(=O)(=O)c1ccccc1. The molecule has 0 saturated carbocycles. The van der Waals surface area contributed by atoms with E-state index in [1.807, 2.05) is 13.0 Å². The molecule has 156 valence electrons. The first-order valence-electron chi connectivity index (χ1n) is 9.31. The maximum atomic E-state index is 13.4. The van der Waals surface area contributed by atoms with Gasteiger partial charge in [0.05, 0.1) is 17.7 Å². The number of aryl methyl sites for hydroxylation is 1. The summed E-state index contributed by atoms with van der Waals surface area (Å²) in [5.41, 5.74) is 1.87. The summed E-state index contributed by atoms with van der Waals surface area (Å²) in [6.45, 7) is 3.17. The number of amides is 1. The summed E-state index contributed by atoms with van der Waals surface area (Å²) in [5.74, 6) is 0.0966. The summed E-state index contributed by atoms with van der Waals surface area (Å²) >= 11 is 0. The summed E-state index contributed by atoms with van der Waals surface area (Å²) in [5, 5.41) is 0. The molecule has 0 N–H and O–H groups in total. The van der Waals surface area contributed by atoms with Crippen LogP contribution in [0.3, 0.4) is 0 Å². The van der Waals surface area contributed by atoms with Crippen molar-refractivity contribution < 1.29 is 22.7 Å². The van der Waals surface area contributed by atoms with E-state index < -0.39 is 22.5 Å². The number of nitrogens with zero attached hydrogens (tertiary/aromatic N) is 1. The predicted octanol–water partition coefficient (Wildman–Crippen LogP) is 4.11. The molecule has 0 heterocycles. The van der Waals surface area contributed by atoms with Gasteiger partial charge in [-0.05, 0) is 55.3 Å². The Kier molecular flexibility index (Phi) is 6.42. The molecule has 0 aromatic heterocycles. The number of methoxy groups -OCH3 is 1. The van der Waals surface area contributed by atoms with E-state index in [9.17, 15) is 13.2 Å². The Morgan fingerprint density at radius 2 is 1.50 bits per heavy atom. The van der Waals surface area contributed by atoms with Crippen molar-refractivity contribution in [3.05, 3.63) is 83.9 Å². The molecule has 0 spiro atoms. The highest BCUT2D eigenvalue weighted by atomic mass is 32.2. The fraction of sp³-hybridized carbons (Fsp3) is 0.174. The molecule has 0 aliphatic rings. The summed E-state index contributed by atoms with van der Waals surface area (Å²) in [7, 11) is -2.65. The number of anilines is 1. The molecular weight excluding hydrogens is 402 g/mol. The van der Waals surface area contributed by atoms with E-state index in [4.69, 9.17) is 9.47 Å². The van der Waals surface area contributed by atoms with Gasteiger partial charge in [-0.1, -0.05) is 42.5 Å². The number of ether oxygens (including phenoxy) is 2. The van der Waals surface area contributed by atoms with Crippen LogP contribution >= 0.6 is 0 Å². The number of hydrogen-bond acceptors (Lipinski definition) is 5. The molecule has 0 aliphatic carbocycles. The zero-order valence-electron chi connectivity index (χ0n) is 17.0. The minimum Gasteiger partial charge on any atom is -0.493 e. The first-order valence-corrected chi connectivity index (χ1v) is 10.8. The predicted molar refractivity (Wildman–Crippen MR) is 116 cm³/mol. The van der Waals surface area contributed by atoms with Crippen molar-refractivity contribution in [2.45, 2.75) is 18.7 Å². The second-order valence-electron chi connectivity index (χ2n) is 6.63. The molecule has 0 saturated heterocycles. The lowest BCUT2D eigenvalue weighted by atomic mass is 10.1. The molecule has 0 atom stereocenters. The molecule has 0 unspecified atom stereocenters. The molecule has 3 aromatic rings. The molecule has 0 bridgehead atoms. The normalized spacial score (nSPS) is 11.0. The smallest absolute Gasteiger partial charge is 0.278 e. The fourth-order valence-corrected chi connectivity index (χ4v) is 4.48. The molecule has 0 fully saturated rings. The van der Waals surface area contributed by atoms with Gasteiger partial charge in [0, 0.05) is 0 Å². The highest BCUT2D eigenvalue weighted by molar-refractivity contribution is 7.93. The van der Waals surface area contributed by atoms with E-state index in [0.717, 1.165) is 9.87 Å². The van der Waals surface area contributed by atoms with Gasteiger partial charge in [-0.25, -0.2) is 8.42 Å². The maximum absolute atomic E-state index is 13.4. The van der Waals surface area contributed by atoms with E-state index in [-0.39, 0.29) is 4.90 Å². The molecule has 3 aromatic carbocycles. The van der Waals surface area contributed by atoms with Crippen molar-refractivity contribution in [2.24, 2.45) is 0 Å². The van der Waals surface area contributed by atoms with Gasteiger partial charge < -0.3 is 9.47 Å². The van der Waals surface area contributed by atoms with Crippen molar-refractivity contribution in [1.29, 1.82) is 0 Å². The average molecular weight is 426 g/mol. The highest BCUT2D eigenvalue weighted by Gasteiger charge is 2.32. The average Bonchev–Trinajstić information content (AvgIpc) is 2.76. The monoisotopic (exact) mass is 425 g/mol. The van der Waals surface area contributed by atoms with Crippen LogP contribution in [0.25, 0.3) is 0 Å². The quantitative estimate of drug-likeness (QED) is 0.570. The van der Waals surface area contributed by atoms with E-state index in [1.165, 1.54) is 19.2 Å². The Hall–Kier alpha value is -3.32. The van der Waals surface area contributed by atoms with Gasteiger partial charge in [0.25, 0.3) is 15.9 Å². The molecular formula is C23H23NO5S. The summed E-state index contributed by atoms with van der Waals surface area (Å²) in [6.07, 6.45) is 0. The number of sulfonamides is 1. The number of para-hydroxylation sites is 2. The first-order chi connectivity index (χ1) is 14.4. The van der Waals surface area contributed by atoms with E-state index >= 15 is 0 Å². The number of carbonyl (C=O) groups excluding carboxylic acids is 1. The van der Waals surface area contributed by atoms with Crippen LogP contribution in [0.2, 0.25) is 0 Å². The standard InChI is InChI=1S/C23H23NO5S/c1-17-10-9-13-20(18(17)2)24(30(26,27)19-11-5-4-6-12-19)23(25)16-29-22-15-8-7-14-21(22)28-3/h4-15H,16H2,1-3H3. The van der Waals surface area contributed by atoms with E-state index in [0.29, 0.717) is 22.7 Å². The van der Waals surface area contributed by atoms with Crippen LogP contribution in [-0.4, -0.2) is 28.0 Å². The first kappa shape index (κ1) is 21.4. The summed E-state index contributed by atoms with van der Waals surface area (Å²) < 4.78 is 38.5. The minimum atomic E-state index is -4.14. The third-order valence-corrected chi connectivity index (χ3v) is 6.47. The molecule has 7 heteroatoms. The van der Waals surface area contributed by atoms with Gasteiger partial charge in [-0.15, -0.1) is 0 Å². The molecule has 1 amide bonds. The maximum Gasteiger partial charge on any atom is 0.278 e. The zero-order chi connectivity index (χ0) is 21.7. The van der Waals surface area contributed by atoms with E-state index in [1.54, 1.807) is 61.5 Å². The van der Waals surface area contributed by atoms with Crippen LogP contribution in [0, 0.1) is 13.8 Å². The van der Waals surface area contributed by atoms with Crippen molar-refractivity contribution >= 4 is 21.6 Å². The van der Waals surface area contributed by atoms with Crippen molar-refractivity contribution in [1.82, 2.24) is 0 Å². The number of benzene rings is 3. The summed E-state index contributed by atoms with van der Waals surface area (Å²) in [4.78, 5) is 13.2. The fourth-order valence-electron chi connectivity index (χ4n) is 2.99. The Morgan fingerprint density at radius 3 is 2.17 bits per heavy atom. The number of rotatable bonds is 7. The molecule has 0 aliphatic heterocycles. The number of carbonyl (C=O) groups is 1. The second kappa shape index (κ2) is 9.00. The molecule has 6 nitrogen and oxygen atoms in total. The van der Waals surface area contributed by atoms with Gasteiger partial charge >= 0.3 is 0 Å². The third-order valence-electron chi connectivity index (χ3n) is 4.72. The number of hydrogen-bond donors (Lipinski definition) is 0. The van der Waals surface area contributed by atoms with Crippen LogP contribution in [0.1, 0.15) is 11.1 Å². The van der Waals surface area contributed by atoms with Crippen molar-refractivity contribution in [3.8, 4) is 11.5 Å². The second-order valence-corrected chi connectivity index (χ2v) is 8.42. The Balaban J connectivity index is 2.01. The lowest BCUT2D eigenvalue weighted by Gasteiger charge is -2.25. The molecule has 3 rings (SSSR count). The van der Waals surface area contributed by atoms with Crippen LogP contribution < -0.4 is 13.8 Å². The largest absolute Gasteiger partial charge is 0.493 e. The van der Waals surface area contributed by atoms with Gasteiger partial charge in [-0.3, -0.25) is 4.79 Å². The highest BCUT2D eigenvalue weighted by Crippen LogP contribution is 2.30. The van der Waals surface area contributed by atoms with Crippen LogP contribution in [0.4, 0.5) is 5.69 Å². The lowest BCUT2D eigenvalue weighted by Crippen LogP contribution is -2.40.